The van der Waals surface area contributed by atoms with Crippen LogP contribution in [0.5, 0.6) is 0 Å². The maximum atomic E-state index is 12.9. The molecule has 0 bridgehead atoms. The van der Waals surface area contributed by atoms with Gasteiger partial charge in [-0.3, -0.25) is 9.52 Å². The van der Waals surface area contributed by atoms with Gasteiger partial charge in [0.1, 0.15) is 5.82 Å². The van der Waals surface area contributed by atoms with E-state index in [9.17, 15) is 17.6 Å². The molecule has 2 N–H and O–H groups in total. The van der Waals surface area contributed by atoms with Gasteiger partial charge in [0.25, 0.3) is 15.9 Å². The van der Waals surface area contributed by atoms with Gasteiger partial charge >= 0.3 is 0 Å². The van der Waals surface area contributed by atoms with Gasteiger partial charge in [0.15, 0.2) is 0 Å². The van der Waals surface area contributed by atoms with Crippen LogP contribution in [0.2, 0.25) is 0 Å². The van der Waals surface area contributed by atoms with E-state index in [1.807, 2.05) is 19.1 Å². The van der Waals surface area contributed by atoms with Crippen LogP contribution in [0.4, 0.5) is 10.1 Å². The third kappa shape index (κ3) is 4.93. The lowest BCUT2D eigenvalue weighted by Crippen LogP contribution is -2.22. The van der Waals surface area contributed by atoms with Crippen molar-refractivity contribution in [3.8, 4) is 0 Å². The van der Waals surface area contributed by atoms with Crippen molar-refractivity contribution in [1.82, 2.24) is 5.32 Å². The molecule has 5 nitrogen and oxygen atoms in total. The summed E-state index contributed by atoms with van der Waals surface area (Å²) in [6.07, 6.45) is 0. The van der Waals surface area contributed by atoms with Gasteiger partial charge in [-0.1, -0.05) is 0 Å². The molecule has 1 aromatic heterocycles. The van der Waals surface area contributed by atoms with E-state index in [4.69, 9.17) is 0 Å². The third-order valence-corrected chi connectivity index (χ3v) is 6.14. The average Bonchev–Trinajstić information content (AvgIpc) is 3.07. The fourth-order valence-electron chi connectivity index (χ4n) is 2.37. The van der Waals surface area contributed by atoms with E-state index >= 15 is 0 Å². The van der Waals surface area contributed by atoms with Crippen LogP contribution in [0.15, 0.2) is 65.6 Å². The van der Waals surface area contributed by atoms with Gasteiger partial charge < -0.3 is 5.32 Å². The van der Waals surface area contributed by atoms with E-state index in [0.717, 1.165) is 4.88 Å². The summed E-state index contributed by atoms with van der Waals surface area (Å²) in [6, 6.07) is 14.6. The molecule has 0 saturated carbocycles. The fraction of sp³-hybridized carbons (Fsp3) is 0.105. The highest BCUT2D eigenvalue weighted by molar-refractivity contribution is 7.92. The number of thiophene rings is 1. The smallest absolute Gasteiger partial charge is 0.261 e. The Balaban J connectivity index is 1.66. The Kier molecular flexibility index (Phi) is 5.57. The number of amides is 1. The first kappa shape index (κ1) is 19.1. The monoisotopic (exact) mass is 404 g/mol. The number of carbonyl (C=O) groups excluding carboxylic acids is 1. The number of hydrogen-bond acceptors (Lipinski definition) is 4. The summed E-state index contributed by atoms with van der Waals surface area (Å²) >= 11 is 1.61. The lowest BCUT2D eigenvalue weighted by atomic mass is 10.2. The summed E-state index contributed by atoms with van der Waals surface area (Å²) in [7, 11) is -3.82. The summed E-state index contributed by atoms with van der Waals surface area (Å²) in [4.78, 5) is 14.4. The number of anilines is 1. The predicted octanol–water partition coefficient (Wildman–Crippen LogP) is 3.93. The Hall–Kier alpha value is -2.71. The molecular weight excluding hydrogens is 387 g/mol. The molecule has 1 heterocycles. The molecule has 0 atom stereocenters. The Morgan fingerprint density at radius 2 is 1.67 bits per heavy atom. The molecule has 1 amide bonds. The molecule has 8 heteroatoms. The molecule has 0 saturated heterocycles. The first-order chi connectivity index (χ1) is 12.8. The second-order valence-electron chi connectivity index (χ2n) is 5.83. The minimum atomic E-state index is -3.82. The highest BCUT2D eigenvalue weighted by Crippen LogP contribution is 2.18. The highest BCUT2D eigenvalue weighted by atomic mass is 32.2. The van der Waals surface area contributed by atoms with Crippen molar-refractivity contribution < 1.29 is 17.6 Å². The number of halogens is 1. The quantitative estimate of drug-likeness (QED) is 0.654. The molecule has 3 rings (SSSR count). The number of sulfonamides is 1. The van der Waals surface area contributed by atoms with Crippen molar-refractivity contribution in [2.75, 3.05) is 4.72 Å². The molecule has 140 valence electrons. The number of benzene rings is 2. The molecule has 0 aliphatic heterocycles. The Morgan fingerprint density at radius 1 is 1.00 bits per heavy atom. The first-order valence-corrected chi connectivity index (χ1v) is 10.4. The zero-order valence-electron chi connectivity index (χ0n) is 14.4. The minimum Gasteiger partial charge on any atom is -0.347 e. The Morgan fingerprint density at radius 3 is 2.26 bits per heavy atom. The van der Waals surface area contributed by atoms with Crippen molar-refractivity contribution in [2.24, 2.45) is 0 Å². The first-order valence-electron chi connectivity index (χ1n) is 8.05. The maximum absolute atomic E-state index is 12.9. The number of carbonyl (C=O) groups is 1. The topological polar surface area (TPSA) is 75.3 Å². The molecule has 2 aromatic carbocycles. The number of nitrogens with one attached hydrogen (secondary N) is 2. The van der Waals surface area contributed by atoms with Crippen LogP contribution in [0.1, 0.15) is 20.1 Å². The van der Waals surface area contributed by atoms with Crippen LogP contribution in [0.25, 0.3) is 0 Å². The average molecular weight is 404 g/mol. The van der Waals surface area contributed by atoms with E-state index in [-0.39, 0.29) is 16.5 Å². The maximum Gasteiger partial charge on any atom is 0.261 e. The molecule has 0 fully saturated rings. The van der Waals surface area contributed by atoms with Gasteiger partial charge in [0.05, 0.1) is 11.4 Å². The molecule has 0 aliphatic rings. The molecule has 0 radical (unpaired) electrons. The zero-order chi connectivity index (χ0) is 19.4. The van der Waals surface area contributed by atoms with Crippen LogP contribution in [-0.2, 0) is 16.6 Å². The van der Waals surface area contributed by atoms with Gasteiger partial charge in [0.2, 0.25) is 0 Å². The number of rotatable bonds is 6. The molecule has 27 heavy (non-hydrogen) atoms. The number of aryl methyl sites for hydroxylation is 1. The molecule has 3 aromatic rings. The lowest BCUT2D eigenvalue weighted by molar-refractivity contribution is 0.0951. The van der Waals surface area contributed by atoms with E-state index in [1.54, 1.807) is 11.3 Å². The van der Waals surface area contributed by atoms with E-state index in [0.29, 0.717) is 12.1 Å². The van der Waals surface area contributed by atoms with Gasteiger partial charge in [-0.25, -0.2) is 12.8 Å². The predicted molar refractivity (Wildman–Crippen MR) is 104 cm³/mol. The second-order valence-corrected chi connectivity index (χ2v) is 8.89. The number of hydrogen-bond donors (Lipinski definition) is 2. The molecule has 0 aliphatic carbocycles. The van der Waals surface area contributed by atoms with Crippen LogP contribution in [0.3, 0.4) is 0 Å². The van der Waals surface area contributed by atoms with E-state index < -0.39 is 15.8 Å². The van der Waals surface area contributed by atoms with Gasteiger partial charge in [-0.15, -0.1) is 11.3 Å². The molecule has 0 spiro atoms. The van der Waals surface area contributed by atoms with Crippen molar-refractivity contribution >= 4 is 33.0 Å². The summed E-state index contributed by atoms with van der Waals surface area (Å²) < 4.78 is 40.0. The van der Waals surface area contributed by atoms with Crippen LogP contribution in [-0.4, -0.2) is 14.3 Å². The van der Waals surface area contributed by atoms with Crippen molar-refractivity contribution in [3.05, 3.63) is 81.8 Å². The lowest BCUT2D eigenvalue weighted by Gasteiger charge is -2.09. The standard InChI is InChI=1S/C19H17FN2O3S2/c1-13-2-9-17(26-13)12-21-19(23)14-3-10-18(11-4-14)27(24,25)22-16-7-5-15(20)6-8-16/h2-11,22H,12H2,1H3,(H,21,23). The fourth-order valence-corrected chi connectivity index (χ4v) is 4.26. The zero-order valence-corrected chi connectivity index (χ0v) is 16.0. The summed E-state index contributed by atoms with van der Waals surface area (Å²) in [5.74, 6) is -0.734. The highest BCUT2D eigenvalue weighted by Gasteiger charge is 2.15. The molecule has 0 unspecified atom stereocenters. The summed E-state index contributed by atoms with van der Waals surface area (Å²) in [6.45, 7) is 2.42. The Bertz CT molecular complexity index is 1040. The second kappa shape index (κ2) is 7.89. The Labute approximate surface area is 160 Å². The van der Waals surface area contributed by atoms with E-state index in [1.165, 1.54) is 53.4 Å². The largest absolute Gasteiger partial charge is 0.347 e. The van der Waals surface area contributed by atoms with Gasteiger partial charge in [-0.2, -0.15) is 0 Å². The van der Waals surface area contributed by atoms with Gasteiger partial charge in [0, 0.05) is 21.0 Å². The summed E-state index contributed by atoms with van der Waals surface area (Å²) in [5.41, 5.74) is 0.619. The third-order valence-electron chi connectivity index (χ3n) is 3.74. The van der Waals surface area contributed by atoms with Crippen molar-refractivity contribution in [2.45, 2.75) is 18.4 Å². The van der Waals surface area contributed by atoms with Gasteiger partial charge in [-0.05, 0) is 67.6 Å². The van der Waals surface area contributed by atoms with Crippen LogP contribution < -0.4 is 10.0 Å². The SMILES string of the molecule is Cc1ccc(CNC(=O)c2ccc(S(=O)(=O)Nc3ccc(F)cc3)cc2)s1. The van der Waals surface area contributed by atoms with Crippen LogP contribution in [0, 0.1) is 12.7 Å². The molecular formula is C19H17FN2O3S2. The minimum absolute atomic E-state index is 0.0113. The van der Waals surface area contributed by atoms with Crippen molar-refractivity contribution in [3.63, 3.8) is 0 Å². The van der Waals surface area contributed by atoms with Crippen molar-refractivity contribution in [1.29, 1.82) is 0 Å². The normalized spacial score (nSPS) is 11.2. The summed E-state index contributed by atoms with van der Waals surface area (Å²) in [5, 5.41) is 2.80. The van der Waals surface area contributed by atoms with Crippen LogP contribution >= 0.6 is 11.3 Å². The van der Waals surface area contributed by atoms with E-state index in [2.05, 4.69) is 10.0 Å².